The maximum Gasteiger partial charge on any atom is 0.165 e. The van der Waals surface area contributed by atoms with Crippen molar-refractivity contribution < 1.29 is 29.3 Å². The molecule has 4 aliphatic rings. The number of hydrogen-bond donors (Lipinski definition) is 2. The number of carbonyl (C=O) groups excluding carboxylic acids is 2. The molecule has 3 aromatic carbocycles. The van der Waals surface area contributed by atoms with Gasteiger partial charge in [0.25, 0.3) is 0 Å². The van der Waals surface area contributed by atoms with Crippen LogP contribution in [0.4, 0.5) is 0 Å². The Morgan fingerprint density at radius 2 is 1.10 bits per heavy atom. The van der Waals surface area contributed by atoms with Crippen LogP contribution >= 0.6 is 0 Å². The van der Waals surface area contributed by atoms with E-state index in [0.29, 0.717) is 28.7 Å². The summed E-state index contributed by atoms with van der Waals surface area (Å²) in [6.45, 7) is 17.8. The van der Waals surface area contributed by atoms with E-state index in [1.54, 1.807) is 26.4 Å². The second kappa shape index (κ2) is 11.9. The number of aliphatic hydroxyl groups is 2. The van der Waals surface area contributed by atoms with Crippen LogP contribution in [0.5, 0.6) is 11.5 Å². The molecule has 0 bridgehead atoms. The van der Waals surface area contributed by atoms with Crippen LogP contribution in [-0.4, -0.2) is 36.0 Å². The molecule has 256 valence electrons. The molecule has 0 fully saturated rings. The van der Waals surface area contributed by atoms with E-state index in [1.165, 1.54) is 0 Å². The summed E-state index contributed by atoms with van der Waals surface area (Å²) < 4.78 is 10.8. The number of carbonyl (C=O) groups is 2. The molecule has 0 aromatic heterocycles. The number of aliphatic hydroxyl groups excluding tert-OH is 2. The SMILES string of the molecule is C=C1C(O)=C2C(C)(C)C(=O)C=CC2(C)c2cc(OC)ccc21.C=C1C(O)=C2[C@@](C)(Cc3ccccc3)C(=O)C=C[C@@]2(C)c2cc(OC)ccc21. The van der Waals surface area contributed by atoms with Gasteiger partial charge in [0, 0.05) is 27.5 Å². The summed E-state index contributed by atoms with van der Waals surface area (Å²) in [4.78, 5) is 25.4. The van der Waals surface area contributed by atoms with Gasteiger partial charge in [-0.25, -0.2) is 0 Å². The third-order valence-electron chi connectivity index (χ3n) is 11.2. The summed E-state index contributed by atoms with van der Waals surface area (Å²) >= 11 is 0. The van der Waals surface area contributed by atoms with E-state index in [0.717, 1.165) is 39.3 Å². The van der Waals surface area contributed by atoms with Crippen LogP contribution in [0.2, 0.25) is 0 Å². The molecule has 4 aliphatic carbocycles. The lowest BCUT2D eigenvalue weighted by molar-refractivity contribution is -0.122. The highest BCUT2D eigenvalue weighted by Crippen LogP contribution is 2.57. The smallest absolute Gasteiger partial charge is 0.165 e. The Hall–Kier alpha value is -5.36. The van der Waals surface area contributed by atoms with Gasteiger partial charge in [0.15, 0.2) is 11.6 Å². The van der Waals surface area contributed by atoms with Crippen molar-refractivity contribution in [3.63, 3.8) is 0 Å². The molecule has 0 spiro atoms. The van der Waals surface area contributed by atoms with E-state index < -0.39 is 21.7 Å². The molecular weight excluding hydrogens is 624 g/mol. The number of ether oxygens (including phenoxy) is 2. The van der Waals surface area contributed by atoms with Crippen molar-refractivity contribution in [2.24, 2.45) is 10.8 Å². The van der Waals surface area contributed by atoms with Gasteiger partial charge in [-0.3, -0.25) is 9.59 Å². The van der Waals surface area contributed by atoms with Crippen molar-refractivity contribution in [3.8, 4) is 11.5 Å². The van der Waals surface area contributed by atoms with Crippen LogP contribution in [0, 0.1) is 10.8 Å². The van der Waals surface area contributed by atoms with Crippen molar-refractivity contribution in [1.29, 1.82) is 0 Å². The molecule has 0 saturated carbocycles. The first-order valence-electron chi connectivity index (χ1n) is 16.7. The van der Waals surface area contributed by atoms with Gasteiger partial charge >= 0.3 is 0 Å². The molecule has 0 saturated heterocycles. The minimum absolute atomic E-state index is 0.00507. The van der Waals surface area contributed by atoms with E-state index in [1.807, 2.05) is 107 Å². The fourth-order valence-electron chi connectivity index (χ4n) is 8.43. The van der Waals surface area contributed by atoms with E-state index >= 15 is 0 Å². The third kappa shape index (κ3) is 5.00. The number of ketones is 2. The van der Waals surface area contributed by atoms with Crippen LogP contribution in [-0.2, 0) is 26.8 Å². The summed E-state index contributed by atoms with van der Waals surface area (Å²) in [5.41, 5.74) is 4.54. The highest BCUT2D eigenvalue weighted by Gasteiger charge is 2.53. The van der Waals surface area contributed by atoms with Crippen molar-refractivity contribution in [2.45, 2.75) is 51.9 Å². The Morgan fingerprint density at radius 3 is 1.60 bits per heavy atom. The first-order chi connectivity index (χ1) is 23.5. The lowest BCUT2D eigenvalue weighted by Crippen LogP contribution is -2.46. The maximum atomic E-state index is 13.1. The largest absolute Gasteiger partial charge is 0.507 e. The zero-order valence-corrected chi connectivity index (χ0v) is 29.8. The lowest BCUT2D eigenvalue weighted by atomic mass is 9.55. The van der Waals surface area contributed by atoms with Crippen LogP contribution in [0.25, 0.3) is 11.1 Å². The molecular formula is C44H44O6. The Morgan fingerprint density at radius 1 is 0.640 bits per heavy atom. The zero-order valence-electron chi connectivity index (χ0n) is 29.8. The molecule has 6 nitrogen and oxygen atoms in total. The van der Waals surface area contributed by atoms with Gasteiger partial charge in [-0.1, -0.05) is 67.8 Å². The average Bonchev–Trinajstić information content (AvgIpc) is 3.10. The summed E-state index contributed by atoms with van der Waals surface area (Å²) in [5, 5.41) is 21.9. The van der Waals surface area contributed by atoms with Gasteiger partial charge in [0.1, 0.15) is 23.0 Å². The minimum atomic E-state index is -0.862. The molecule has 2 N–H and O–H groups in total. The predicted octanol–water partition coefficient (Wildman–Crippen LogP) is 9.14. The first kappa shape index (κ1) is 34.5. The van der Waals surface area contributed by atoms with Gasteiger partial charge in [-0.15, -0.1) is 0 Å². The molecule has 0 radical (unpaired) electrons. The normalized spacial score (nSPS) is 26.0. The molecule has 7 rings (SSSR count). The van der Waals surface area contributed by atoms with Gasteiger partial charge in [0.05, 0.1) is 25.0 Å². The maximum absolute atomic E-state index is 13.1. The van der Waals surface area contributed by atoms with Crippen LogP contribution in [0.1, 0.15) is 62.4 Å². The Kier molecular flexibility index (Phi) is 8.21. The molecule has 50 heavy (non-hydrogen) atoms. The Balaban J connectivity index is 0.000000178. The first-order valence-corrected chi connectivity index (χ1v) is 16.7. The summed E-state index contributed by atoms with van der Waals surface area (Å²) in [7, 11) is 3.26. The number of fused-ring (bicyclic) bond motifs is 6. The number of rotatable bonds is 4. The van der Waals surface area contributed by atoms with Gasteiger partial charge in [0.2, 0.25) is 0 Å². The molecule has 0 aliphatic heterocycles. The van der Waals surface area contributed by atoms with Gasteiger partial charge in [-0.2, -0.15) is 0 Å². The summed E-state index contributed by atoms with van der Waals surface area (Å²) in [6, 6.07) is 21.4. The fourth-order valence-corrected chi connectivity index (χ4v) is 8.43. The number of allylic oxidation sites excluding steroid dienone is 8. The number of hydrogen-bond acceptors (Lipinski definition) is 6. The quantitative estimate of drug-likeness (QED) is 0.288. The topological polar surface area (TPSA) is 93.1 Å². The second-order valence-corrected chi connectivity index (χ2v) is 14.6. The lowest BCUT2D eigenvalue weighted by Gasteiger charge is -2.47. The van der Waals surface area contributed by atoms with Gasteiger partial charge < -0.3 is 19.7 Å². The highest BCUT2D eigenvalue weighted by atomic mass is 16.5. The number of methoxy groups -OCH3 is 2. The summed E-state index contributed by atoms with van der Waals surface area (Å²) in [6.07, 6.45) is 7.57. The molecule has 1 unspecified atom stereocenters. The zero-order chi connectivity index (χ0) is 36.4. The predicted molar refractivity (Wildman–Crippen MR) is 198 cm³/mol. The van der Waals surface area contributed by atoms with Crippen molar-refractivity contribution in [2.75, 3.05) is 14.2 Å². The van der Waals surface area contributed by atoms with Gasteiger partial charge in [-0.05, 0) is 111 Å². The molecule has 0 heterocycles. The fraction of sp³-hybridized carbons (Fsp3) is 0.273. The molecule has 3 aromatic rings. The van der Waals surface area contributed by atoms with Crippen LogP contribution < -0.4 is 9.47 Å². The standard InChI is InChI=1S/C25H24O3.C19H20O3/c1-16-19-11-10-18(28-4)14-20(19)24(2)13-12-21(26)25(3,23(24)22(16)27)15-17-8-6-5-7-9-17;1-11-13-7-6-12(22-5)10-14(13)19(4)9-8-15(20)18(2,3)17(19)16(11)21/h5-14,27H,1,15H2,2-4H3;6-10,21H,1H2,2-5H3/t24-,25-;/m0./s1. The molecule has 0 amide bonds. The van der Waals surface area contributed by atoms with Crippen molar-refractivity contribution >= 4 is 22.7 Å². The summed E-state index contributed by atoms with van der Waals surface area (Å²) in [5.74, 6) is 1.72. The number of benzene rings is 3. The van der Waals surface area contributed by atoms with E-state index in [9.17, 15) is 19.8 Å². The van der Waals surface area contributed by atoms with Crippen LogP contribution in [0.15, 0.2) is 127 Å². The monoisotopic (exact) mass is 668 g/mol. The molecule has 6 heteroatoms. The minimum Gasteiger partial charge on any atom is -0.507 e. The Labute approximate surface area is 294 Å². The van der Waals surface area contributed by atoms with E-state index in [2.05, 4.69) is 20.1 Å². The average molecular weight is 669 g/mol. The van der Waals surface area contributed by atoms with E-state index in [-0.39, 0.29) is 23.1 Å². The van der Waals surface area contributed by atoms with Crippen LogP contribution in [0.3, 0.4) is 0 Å². The second-order valence-electron chi connectivity index (χ2n) is 14.6. The Bertz CT molecular complexity index is 2110. The van der Waals surface area contributed by atoms with Crippen molar-refractivity contribution in [1.82, 2.24) is 0 Å². The third-order valence-corrected chi connectivity index (χ3v) is 11.2. The molecule has 3 atom stereocenters. The van der Waals surface area contributed by atoms with E-state index in [4.69, 9.17) is 9.47 Å². The highest BCUT2D eigenvalue weighted by molar-refractivity contribution is 6.03. The van der Waals surface area contributed by atoms with Crippen molar-refractivity contribution in [3.05, 3.63) is 155 Å².